The molecule has 0 saturated heterocycles. The molecule has 2 rings (SSSR count). The molecule has 17 heavy (non-hydrogen) atoms. The zero-order valence-electron chi connectivity index (χ0n) is 8.68. The Labute approximate surface area is 100 Å². The molecule has 1 aromatic heterocycles. The van der Waals surface area contributed by atoms with Crippen LogP contribution in [0, 0.1) is 5.82 Å². The van der Waals surface area contributed by atoms with Crippen LogP contribution < -0.4 is 11.1 Å². The zero-order valence-corrected chi connectivity index (χ0v) is 9.50. The molecule has 0 aliphatic carbocycles. The van der Waals surface area contributed by atoms with Crippen molar-refractivity contribution in [1.29, 1.82) is 0 Å². The lowest BCUT2D eigenvalue weighted by molar-refractivity contribution is 0.0947. The Kier molecular flexibility index (Phi) is 3.29. The molecule has 3 N–H and O–H groups in total. The van der Waals surface area contributed by atoms with Crippen molar-refractivity contribution in [3.05, 3.63) is 40.7 Å². The summed E-state index contributed by atoms with van der Waals surface area (Å²) in [6.45, 7) is 0.183. The maximum absolute atomic E-state index is 13.3. The number of carbonyl (C=O) groups is 1. The maximum Gasteiger partial charge on any atom is 0.254 e. The summed E-state index contributed by atoms with van der Waals surface area (Å²) in [4.78, 5) is 11.6. The minimum Gasteiger partial charge on any atom is -0.374 e. The summed E-state index contributed by atoms with van der Waals surface area (Å²) in [6, 6.07) is 5.77. The van der Waals surface area contributed by atoms with Gasteiger partial charge in [-0.15, -0.1) is 10.2 Å². The molecule has 5 nitrogen and oxygen atoms in total. The Morgan fingerprint density at radius 3 is 2.82 bits per heavy atom. The van der Waals surface area contributed by atoms with Crippen molar-refractivity contribution in [3.8, 4) is 0 Å². The zero-order chi connectivity index (χ0) is 12.3. The Morgan fingerprint density at radius 1 is 1.41 bits per heavy atom. The molecule has 0 fully saturated rings. The van der Waals surface area contributed by atoms with Crippen LogP contribution in [0.1, 0.15) is 15.4 Å². The van der Waals surface area contributed by atoms with E-state index in [-0.39, 0.29) is 12.1 Å². The summed E-state index contributed by atoms with van der Waals surface area (Å²) in [7, 11) is 0. The fraction of sp³-hybridized carbons (Fsp3) is 0.100. The van der Waals surface area contributed by atoms with Crippen LogP contribution in [0.4, 0.5) is 9.52 Å². The summed E-state index contributed by atoms with van der Waals surface area (Å²) in [5.74, 6) is -1.04. The van der Waals surface area contributed by atoms with Crippen LogP contribution in [0.2, 0.25) is 0 Å². The van der Waals surface area contributed by atoms with Crippen LogP contribution in [0.3, 0.4) is 0 Å². The molecule has 88 valence electrons. The van der Waals surface area contributed by atoms with Crippen molar-refractivity contribution in [2.24, 2.45) is 0 Å². The van der Waals surface area contributed by atoms with Gasteiger partial charge in [0, 0.05) is 0 Å². The highest BCUT2D eigenvalue weighted by Gasteiger charge is 2.11. The van der Waals surface area contributed by atoms with E-state index in [0.29, 0.717) is 10.1 Å². The number of rotatable bonds is 3. The van der Waals surface area contributed by atoms with Gasteiger partial charge in [0.1, 0.15) is 10.8 Å². The van der Waals surface area contributed by atoms with Gasteiger partial charge in [-0.2, -0.15) is 0 Å². The summed E-state index contributed by atoms with van der Waals surface area (Å²) in [5, 5.41) is 10.8. The molecule has 0 bridgehead atoms. The van der Waals surface area contributed by atoms with Gasteiger partial charge < -0.3 is 11.1 Å². The van der Waals surface area contributed by atoms with Gasteiger partial charge >= 0.3 is 0 Å². The third kappa shape index (κ3) is 2.76. The van der Waals surface area contributed by atoms with Crippen molar-refractivity contribution in [2.45, 2.75) is 6.54 Å². The summed E-state index contributed by atoms with van der Waals surface area (Å²) < 4.78 is 13.3. The number of nitrogens with zero attached hydrogens (tertiary/aromatic N) is 2. The van der Waals surface area contributed by atoms with Crippen molar-refractivity contribution in [2.75, 3.05) is 5.73 Å². The van der Waals surface area contributed by atoms with Crippen LogP contribution >= 0.6 is 11.3 Å². The topological polar surface area (TPSA) is 80.9 Å². The highest BCUT2D eigenvalue weighted by atomic mass is 32.1. The second-order valence-electron chi connectivity index (χ2n) is 3.20. The van der Waals surface area contributed by atoms with E-state index in [1.807, 2.05) is 0 Å². The average molecular weight is 252 g/mol. The van der Waals surface area contributed by atoms with Crippen molar-refractivity contribution in [3.63, 3.8) is 0 Å². The fourth-order valence-corrected chi connectivity index (χ4v) is 1.78. The standard InChI is InChI=1S/C10H9FN4OS/c11-7-4-2-1-3-6(7)9(16)13-5-8-14-15-10(12)17-8/h1-4H,5H2,(H2,12,15)(H,13,16). The van der Waals surface area contributed by atoms with Gasteiger partial charge in [0.05, 0.1) is 12.1 Å². The number of carbonyl (C=O) groups excluding carboxylic acids is 1. The minimum absolute atomic E-state index is 0.00462. The number of nitrogen functional groups attached to an aromatic ring is 1. The number of hydrogen-bond donors (Lipinski definition) is 2. The Balaban J connectivity index is 2.01. The average Bonchev–Trinajstić information content (AvgIpc) is 2.73. The first-order valence-corrected chi connectivity index (χ1v) is 5.59. The first-order chi connectivity index (χ1) is 8.16. The van der Waals surface area contributed by atoms with E-state index in [9.17, 15) is 9.18 Å². The quantitative estimate of drug-likeness (QED) is 0.859. The second-order valence-corrected chi connectivity index (χ2v) is 4.29. The van der Waals surface area contributed by atoms with Gasteiger partial charge in [0.25, 0.3) is 5.91 Å². The fourth-order valence-electron chi connectivity index (χ4n) is 1.23. The van der Waals surface area contributed by atoms with E-state index in [1.165, 1.54) is 29.5 Å². The van der Waals surface area contributed by atoms with Gasteiger partial charge in [-0.3, -0.25) is 4.79 Å². The third-order valence-electron chi connectivity index (χ3n) is 2.00. The lowest BCUT2D eigenvalue weighted by Crippen LogP contribution is -2.23. The highest BCUT2D eigenvalue weighted by Crippen LogP contribution is 2.11. The summed E-state index contributed by atoms with van der Waals surface area (Å²) >= 11 is 1.18. The molecule has 0 saturated carbocycles. The number of amides is 1. The molecule has 0 unspecified atom stereocenters. The number of nitrogens with two attached hydrogens (primary N) is 1. The molecule has 0 aliphatic heterocycles. The predicted molar refractivity (Wildman–Crippen MR) is 61.9 cm³/mol. The molecule has 1 amide bonds. The van der Waals surface area contributed by atoms with Crippen LogP contribution in [0.15, 0.2) is 24.3 Å². The smallest absolute Gasteiger partial charge is 0.254 e. The van der Waals surface area contributed by atoms with Crippen LogP contribution in [-0.4, -0.2) is 16.1 Å². The van der Waals surface area contributed by atoms with Crippen molar-refractivity contribution in [1.82, 2.24) is 15.5 Å². The van der Waals surface area contributed by atoms with Crippen LogP contribution in [0.5, 0.6) is 0 Å². The maximum atomic E-state index is 13.3. The van der Waals surface area contributed by atoms with E-state index in [4.69, 9.17) is 5.73 Å². The first kappa shape index (κ1) is 11.5. The molecule has 1 aromatic carbocycles. The van der Waals surface area contributed by atoms with Gasteiger partial charge in [0.2, 0.25) is 5.13 Å². The number of halogens is 1. The number of aromatic nitrogens is 2. The summed E-state index contributed by atoms with van der Waals surface area (Å²) in [5.41, 5.74) is 5.40. The Morgan fingerprint density at radius 2 is 2.18 bits per heavy atom. The molecular formula is C10H9FN4OS. The third-order valence-corrected chi connectivity index (χ3v) is 2.75. The highest BCUT2D eigenvalue weighted by molar-refractivity contribution is 7.15. The van der Waals surface area contributed by atoms with E-state index >= 15 is 0 Å². The van der Waals surface area contributed by atoms with Gasteiger partial charge in [-0.05, 0) is 12.1 Å². The number of hydrogen-bond acceptors (Lipinski definition) is 5. The van der Waals surface area contributed by atoms with Crippen molar-refractivity contribution < 1.29 is 9.18 Å². The lowest BCUT2D eigenvalue weighted by atomic mass is 10.2. The number of anilines is 1. The molecule has 0 atom stereocenters. The molecule has 7 heteroatoms. The monoisotopic (exact) mass is 252 g/mol. The number of benzene rings is 1. The molecule has 1 heterocycles. The second kappa shape index (κ2) is 4.88. The lowest BCUT2D eigenvalue weighted by Gasteiger charge is -2.03. The molecule has 2 aromatic rings. The first-order valence-electron chi connectivity index (χ1n) is 4.77. The van der Waals surface area contributed by atoms with Crippen LogP contribution in [0.25, 0.3) is 0 Å². The number of nitrogens with one attached hydrogen (secondary N) is 1. The predicted octanol–water partition coefficient (Wildman–Crippen LogP) is 1.19. The minimum atomic E-state index is -0.554. The van der Waals surface area contributed by atoms with Crippen LogP contribution in [-0.2, 0) is 6.54 Å². The van der Waals surface area contributed by atoms with E-state index in [0.717, 1.165) is 0 Å². The van der Waals surface area contributed by atoms with E-state index in [1.54, 1.807) is 6.07 Å². The summed E-state index contributed by atoms with van der Waals surface area (Å²) in [6.07, 6.45) is 0. The Hall–Kier alpha value is -2.02. The molecule has 0 radical (unpaired) electrons. The molecule has 0 aliphatic rings. The largest absolute Gasteiger partial charge is 0.374 e. The van der Waals surface area contributed by atoms with Gasteiger partial charge in [0.15, 0.2) is 0 Å². The van der Waals surface area contributed by atoms with Gasteiger partial charge in [-0.1, -0.05) is 23.5 Å². The molecular weight excluding hydrogens is 243 g/mol. The van der Waals surface area contributed by atoms with Gasteiger partial charge in [-0.25, -0.2) is 4.39 Å². The van der Waals surface area contributed by atoms with E-state index < -0.39 is 11.7 Å². The van der Waals surface area contributed by atoms with E-state index in [2.05, 4.69) is 15.5 Å². The normalized spacial score (nSPS) is 10.2. The Bertz CT molecular complexity index is 543. The van der Waals surface area contributed by atoms with Crippen molar-refractivity contribution >= 4 is 22.4 Å². The molecule has 0 spiro atoms. The SMILES string of the molecule is Nc1nnc(CNC(=O)c2ccccc2F)s1.